The summed E-state index contributed by atoms with van der Waals surface area (Å²) in [6.45, 7) is 4.25. The summed E-state index contributed by atoms with van der Waals surface area (Å²) in [5.41, 5.74) is 10.8. The maximum atomic E-state index is 2.31. The summed E-state index contributed by atoms with van der Waals surface area (Å²) in [6, 6.07) is 45.4. The lowest BCUT2D eigenvalue weighted by molar-refractivity contribution is 1.27. The minimum absolute atomic E-state index is 1.14. The van der Waals surface area contributed by atoms with E-state index in [-0.39, 0.29) is 0 Å². The summed E-state index contributed by atoms with van der Waals surface area (Å²) in [6.07, 6.45) is 4.30. The van der Waals surface area contributed by atoms with Crippen molar-refractivity contribution < 1.29 is 0 Å². The zero-order valence-electron chi connectivity index (χ0n) is 20.2. The first-order valence-electron chi connectivity index (χ1n) is 12.0. The average Bonchev–Trinajstić information content (AvgIpc) is 2.91. The molecule has 0 fully saturated rings. The van der Waals surface area contributed by atoms with Gasteiger partial charge >= 0.3 is 0 Å². The fraction of sp³-hybridized carbons (Fsp3) is 0.0588. The second kappa shape index (κ2) is 10.3. The van der Waals surface area contributed by atoms with E-state index < -0.39 is 0 Å². The van der Waals surface area contributed by atoms with Crippen LogP contribution >= 0.6 is 0 Å². The summed E-state index contributed by atoms with van der Waals surface area (Å²) < 4.78 is 0. The van der Waals surface area contributed by atoms with Crippen LogP contribution in [0.25, 0.3) is 23.3 Å². The highest BCUT2D eigenvalue weighted by Gasteiger charge is 2.12. The van der Waals surface area contributed by atoms with Gasteiger partial charge < -0.3 is 4.90 Å². The molecular formula is C34H29N. The molecule has 5 aromatic carbocycles. The Morgan fingerprint density at radius 3 is 1.23 bits per heavy atom. The molecule has 0 aromatic heterocycles. The number of hydrogen-bond donors (Lipinski definition) is 0. The van der Waals surface area contributed by atoms with E-state index >= 15 is 0 Å². The molecule has 1 heteroatoms. The molecule has 5 rings (SSSR count). The minimum atomic E-state index is 1.14. The number of rotatable bonds is 6. The van der Waals surface area contributed by atoms with Crippen LogP contribution in [-0.2, 0) is 0 Å². The minimum Gasteiger partial charge on any atom is -0.311 e. The molecule has 0 aliphatic heterocycles. The Morgan fingerprint density at radius 2 is 0.771 bits per heavy atom. The van der Waals surface area contributed by atoms with Gasteiger partial charge in [0.1, 0.15) is 0 Å². The lowest BCUT2D eigenvalue weighted by Crippen LogP contribution is -2.09. The monoisotopic (exact) mass is 451 g/mol. The van der Waals surface area contributed by atoms with Crippen molar-refractivity contribution in [1.29, 1.82) is 0 Å². The van der Waals surface area contributed by atoms with Crippen molar-refractivity contribution in [2.75, 3.05) is 4.90 Å². The van der Waals surface area contributed by atoms with Gasteiger partial charge in [-0.25, -0.2) is 0 Å². The Morgan fingerprint density at radius 1 is 0.400 bits per heavy atom. The van der Waals surface area contributed by atoms with Crippen LogP contribution in [0.3, 0.4) is 0 Å². The first-order valence-corrected chi connectivity index (χ1v) is 12.0. The second-order valence-corrected chi connectivity index (χ2v) is 8.92. The van der Waals surface area contributed by atoms with Gasteiger partial charge in [-0.1, -0.05) is 114 Å². The van der Waals surface area contributed by atoms with Gasteiger partial charge in [0.05, 0.1) is 0 Å². The topological polar surface area (TPSA) is 3.24 Å². The molecule has 1 nitrogen and oxygen atoms in total. The molecule has 35 heavy (non-hydrogen) atoms. The van der Waals surface area contributed by atoms with Gasteiger partial charge in [0.2, 0.25) is 0 Å². The SMILES string of the molecule is Cc1ccc(N(c2ccc(C)cc2)c2ccc(-c3ccc(/C=C/c4ccccc4)cc3)cc2)cc1. The summed E-state index contributed by atoms with van der Waals surface area (Å²) in [5, 5.41) is 0. The van der Waals surface area contributed by atoms with Crippen LogP contribution in [0.1, 0.15) is 22.3 Å². The van der Waals surface area contributed by atoms with E-state index in [0.29, 0.717) is 0 Å². The normalized spacial score (nSPS) is 11.0. The number of aryl methyl sites for hydroxylation is 2. The van der Waals surface area contributed by atoms with E-state index in [1.807, 2.05) is 6.07 Å². The molecule has 0 aliphatic carbocycles. The van der Waals surface area contributed by atoms with Gasteiger partial charge in [-0.05, 0) is 72.5 Å². The molecule has 0 bridgehead atoms. The van der Waals surface area contributed by atoms with E-state index in [1.165, 1.54) is 33.4 Å². The molecule has 0 N–H and O–H groups in total. The maximum absolute atomic E-state index is 2.31. The predicted octanol–water partition coefficient (Wildman–Crippen LogP) is 9.61. The largest absolute Gasteiger partial charge is 0.311 e. The van der Waals surface area contributed by atoms with Crippen molar-refractivity contribution in [2.45, 2.75) is 13.8 Å². The van der Waals surface area contributed by atoms with Gasteiger partial charge in [0, 0.05) is 17.1 Å². The van der Waals surface area contributed by atoms with Crippen LogP contribution in [0.2, 0.25) is 0 Å². The quantitative estimate of drug-likeness (QED) is 0.232. The van der Waals surface area contributed by atoms with Crippen LogP contribution in [-0.4, -0.2) is 0 Å². The number of anilines is 3. The number of nitrogens with zero attached hydrogens (tertiary/aromatic N) is 1. The first kappa shape index (κ1) is 22.4. The Balaban J connectivity index is 1.40. The summed E-state index contributed by atoms with van der Waals surface area (Å²) in [7, 11) is 0. The van der Waals surface area contributed by atoms with Crippen molar-refractivity contribution in [3.05, 3.63) is 150 Å². The molecule has 0 spiro atoms. The van der Waals surface area contributed by atoms with E-state index in [4.69, 9.17) is 0 Å². The molecule has 0 saturated heterocycles. The predicted molar refractivity (Wildman–Crippen MR) is 151 cm³/mol. The van der Waals surface area contributed by atoms with Crippen molar-refractivity contribution in [2.24, 2.45) is 0 Å². The Labute approximate surface area is 208 Å². The smallest absolute Gasteiger partial charge is 0.0462 e. The number of hydrogen-bond acceptors (Lipinski definition) is 1. The molecule has 0 atom stereocenters. The lowest BCUT2D eigenvalue weighted by Gasteiger charge is -2.26. The van der Waals surface area contributed by atoms with E-state index in [2.05, 4.69) is 152 Å². The third kappa shape index (κ3) is 5.42. The maximum Gasteiger partial charge on any atom is 0.0462 e. The first-order chi connectivity index (χ1) is 17.2. The summed E-state index contributed by atoms with van der Waals surface area (Å²) in [5.74, 6) is 0. The van der Waals surface area contributed by atoms with Gasteiger partial charge in [0.15, 0.2) is 0 Å². The van der Waals surface area contributed by atoms with Crippen LogP contribution in [0.15, 0.2) is 127 Å². The van der Waals surface area contributed by atoms with Crippen LogP contribution in [0.5, 0.6) is 0 Å². The summed E-state index contributed by atoms with van der Waals surface area (Å²) >= 11 is 0. The summed E-state index contributed by atoms with van der Waals surface area (Å²) in [4.78, 5) is 2.31. The van der Waals surface area contributed by atoms with Gasteiger partial charge in [-0.15, -0.1) is 0 Å². The molecule has 0 amide bonds. The molecule has 0 unspecified atom stereocenters. The molecule has 0 aliphatic rings. The molecular weight excluding hydrogens is 422 g/mol. The molecule has 0 heterocycles. The fourth-order valence-corrected chi connectivity index (χ4v) is 4.18. The van der Waals surface area contributed by atoms with Crippen molar-refractivity contribution in [3.8, 4) is 11.1 Å². The highest BCUT2D eigenvalue weighted by atomic mass is 15.1. The Bertz CT molecular complexity index is 1350. The second-order valence-electron chi connectivity index (χ2n) is 8.92. The highest BCUT2D eigenvalue weighted by Crippen LogP contribution is 2.35. The van der Waals surface area contributed by atoms with Gasteiger partial charge in [-0.2, -0.15) is 0 Å². The van der Waals surface area contributed by atoms with Crippen LogP contribution in [0.4, 0.5) is 17.1 Å². The molecule has 0 saturated carbocycles. The molecule has 5 aromatic rings. The van der Waals surface area contributed by atoms with Gasteiger partial charge in [-0.3, -0.25) is 0 Å². The van der Waals surface area contributed by atoms with E-state index in [1.54, 1.807) is 0 Å². The van der Waals surface area contributed by atoms with Crippen molar-refractivity contribution in [1.82, 2.24) is 0 Å². The molecule has 0 radical (unpaired) electrons. The standard InChI is InChI=1S/C34H29N/c1-26-8-20-32(21-9-26)35(33-22-10-27(2)11-23-33)34-24-18-31(19-25-34)30-16-14-29(15-17-30)13-12-28-6-4-3-5-7-28/h3-25H,1-2H3/b13-12+. The Hall–Kier alpha value is -4.36. The van der Waals surface area contributed by atoms with E-state index in [0.717, 1.165) is 17.1 Å². The average molecular weight is 452 g/mol. The highest BCUT2D eigenvalue weighted by molar-refractivity contribution is 5.79. The van der Waals surface area contributed by atoms with E-state index in [9.17, 15) is 0 Å². The van der Waals surface area contributed by atoms with Crippen LogP contribution in [0, 0.1) is 13.8 Å². The third-order valence-corrected chi connectivity index (χ3v) is 6.22. The lowest BCUT2D eigenvalue weighted by atomic mass is 10.0. The zero-order valence-corrected chi connectivity index (χ0v) is 20.2. The van der Waals surface area contributed by atoms with Crippen molar-refractivity contribution in [3.63, 3.8) is 0 Å². The van der Waals surface area contributed by atoms with Gasteiger partial charge in [0.25, 0.3) is 0 Å². The van der Waals surface area contributed by atoms with Crippen LogP contribution < -0.4 is 4.90 Å². The van der Waals surface area contributed by atoms with Crippen molar-refractivity contribution >= 4 is 29.2 Å². The Kier molecular flexibility index (Phi) is 6.59. The zero-order chi connectivity index (χ0) is 24.0. The molecule has 170 valence electrons. The number of benzene rings is 5. The fourth-order valence-electron chi connectivity index (χ4n) is 4.18. The third-order valence-electron chi connectivity index (χ3n) is 6.22.